The van der Waals surface area contributed by atoms with E-state index in [9.17, 15) is 0 Å². The van der Waals surface area contributed by atoms with Gasteiger partial charge in [-0.15, -0.1) is 0 Å². The highest BCUT2D eigenvalue weighted by molar-refractivity contribution is 9.10. The third-order valence-corrected chi connectivity index (χ3v) is 2.97. The van der Waals surface area contributed by atoms with Crippen molar-refractivity contribution in [1.29, 1.82) is 0 Å². The lowest BCUT2D eigenvalue weighted by Gasteiger charge is -2.20. The molecule has 4 nitrogen and oxygen atoms in total. The van der Waals surface area contributed by atoms with Gasteiger partial charge in [-0.2, -0.15) is 5.10 Å². The molecule has 1 aliphatic carbocycles. The summed E-state index contributed by atoms with van der Waals surface area (Å²) in [5.41, 5.74) is 7.35. The Morgan fingerprint density at radius 3 is 3.17 bits per heavy atom. The zero-order chi connectivity index (χ0) is 8.77. The first kappa shape index (κ1) is 8.22. The van der Waals surface area contributed by atoms with Crippen LogP contribution in [0.15, 0.2) is 4.60 Å². The van der Waals surface area contributed by atoms with Crippen molar-refractivity contribution in [2.45, 2.75) is 18.4 Å². The number of aliphatic hydroxyl groups is 1. The van der Waals surface area contributed by atoms with Crippen LogP contribution < -0.4 is 5.73 Å². The van der Waals surface area contributed by atoms with Crippen LogP contribution in [0.1, 0.15) is 17.7 Å². The van der Waals surface area contributed by atoms with E-state index in [1.807, 2.05) is 0 Å². The van der Waals surface area contributed by atoms with Gasteiger partial charge in [0.25, 0.3) is 0 Å². The Labute approximate surface area is 78.3 Å². The second-order valence-electron chi connectivity index (χ2n) is 3.18. The van der Waals surface area contributed by atoms with E-state index in [4.69, 9.17) is 10.8 Å². The van der Waals surface area contributed by atoms with Crippen LogP contribution in [0, 0.1) is 0 Å². The summed E-state index contributed by atoms with van der Waals surface area (Å²) in [6.07, 6.45) is 1.65. The van der Waals surface area contributed by atoms with Crippen molar-refractivity contribution in [2.75, 3.05) is 6.61 Å². The normalized spacial score (nSPS) is 27.6. The van der Waals surface area contributed by atoms with Gasteiger partial charge in [-0.3, -0.25) is 5.10 Å². The molecular formula is C7H10BrN3O. The molecule has 0 spiro atoms. The standard InChI is InChI=1S/C7H10BrN3O/c8-6-5-4(10-11-6)1-2-7(5,9)3-12/h12H,1-3,9H2,(H,10,11). The molecule has 1 aromatic heterocycles. The van der Waals surface area contributed by atoms with Gasteiger partial charge in [-0.25, -0.2) is 0 Å². The fourth-order valence-corrected chi connectivity index (χ4v) is 2.39. The largest absolute Gasteiger partial charge is 0.394 e. The summed E-state index contributed by atoms with van der Waals surface area (Å²) in [5.74, 6) is 0. The summed E-state index contributed by atoms with van der Waals surface area (Å²) >= 11 is 3.30. The molecule has 0 amide bonds. The van der Waals surface area contributed by atoms with Crippen LogP contribution in [0.3, 0.4) is 0 Å². The Hall–Kier alpha value is -0.390. The maximum absolute atomic E-state index is 9.13. The average Bonchev–Trinajstić information content (AvgIpc) is 2.57. The number of H-pyrrole nitrogens is 1. The van der Waals surface area contributed by atoms with Crippen molar-refractivity contribution in [3.05, 3.63) is 15.9 Å². The zero-order valence-electron chi connectivity index (χ0n) is 6.47. The van der Waals surface area contributed by atoms with Crippen LogP contribution in [0.2, 0.25) is 0 Å². The molecule has 12 heavy (non-hydrogen) atoms. The number of rotatable bonds is 1. The van der Waals surface area contributed by atoms with Gasteiger partial charge in [0.05, 0.1) is 12.1 Å². The lowest BCUT2D eigenvalue weighted by Crippen LogP contribution is -2.38. The van der Waals surface area contributed by atoms with E-state index < -0.39 is 5.54 Å². The molecule has 4 N–H and O–H groups in total. The van der Waals surface area contributed by atoms with Crippen LogP contribution >= 0.6 is 15.9 Å². The highest BCUT2D eigenvalue weighted by atomic mass is 79.9. The third kappa shape index (κ3) is 0.935. The highest BCUT2D eigenvalue weighted by Gasteiger charge is 2.38. The third-order valence-electron chi connectivity index (χ3n) is 2.40. The first-order chi connectivity index (χ1) is 5.67. The molecule has 2 rings (SSSR count). The quantitative estimate of drug-likeness (QED) is 0.650. The molecule has 1 heterocycles. The topological polar surface area (TPSA) is 74.9 Å². The predicted molar refractivity (Wildman–Crippen MR) is 47.6 cm³/mol. The van der Waals surface area contributed by atoms with E-state index in [0.29, 0.717) is 0 Å². The summed E-state index contributed by atoms with van der Waals surface area (Å²) in [5, 5.41) is 16.0. The van der Waals surface area contributed by atoms with Crippen LogP contribution in [0.25, 0.3) is 0 Å². The molecule has 66 valence electrons. The van der Waals surface area contributed by atoms with Gasteiger partial charge in [0.1, 0.15) is 4.60 Å². The van der Waals surface area contributed by atoms with Crippen molar-refractivity contribution >= 4 is 15.9 Å². The predicted octanol–water partition coefficient (Wildman–Crippen LogP) is 0.265. The van der Waals surface area contributed by atoms with Gasteiger partial charge in [0.15, 0.2) is 0 Å². The number of nitrogens with zero attached hydrogens (tertiary/aromatic N) is 1. The van der Waals surface area contributed by atoms with Crippen LogP contribution in [-0.2, 0) is 12.0 Å². The summed E-state index contributed by atoms with van der Waals surface area (Å²) in [6.45, 7) is -0.0296. The molecular weight excluding hydrogens is 222 g/mol. The molecule has 1 atom stereocenters. The smallest absolute Gasteiger partial charge is 0.133 e. The van der Waals surface area contributed by atoms with E-state index in [-0.39, 0.29) is 6.61 Å². The Bertz CT molecular complexity index is 312. The highest BCUT2D eigenvalue weighted by Crippen LogP contribution is 2.37. The first-order valence-corrected chi connectivity index (χ1v) is 4.59. The van der Waals surface area contributed by atoms with Gasteiger partial charge in [0.2, 0.25) is 0 Å². The van der Waals surface area contributed by atoms with Crippen molar-refractivity contribution in [2.24, 2.45) is 5.73 Å². The van der Waals surface area contributed by atoms with Crippen LogP contribution in [0.4, 0.5) is 0 Å². The van der Waals surface area contributed by atoms with Gasteiger partial charge >= 0.3 is 0 Å². The Morgan fingerprint density at radius 1 is 1.75 bits per heavy atom. The second kappa shape index (κ2) is 2.55. The molecule has 0 fully saturated rings. The van der Waals surface area contributed by atoms with Gasteiger partial charge < -0.3 is 10.8 Å². The number of aryl methyl sites for hydroxylation is 1. The molecule has 1 aliphatic rings. The number of aliphatic hydroxyl groups excluding tert-OH is 1. The number of nitrogens with one attached hydrogen (secondary N) is 1. The summed E-state index contributed by atoms with van der Waals surface area (Å²) in [6, 6.07) is 0. The molecule has 0 saturated carbocycles. The van der Waals surface area contributed by atoms with Crippen molar-refractivity contribution in [1.82, 2.24) is 10.2 Å². The first-order valence-electron chi connectivity index (χ1n) is 3.80. The summed E-state index contributed by atoms with van der Waals surface area (Å²) < 4.78 is 0.728. The average molecular weight is 232 g/mol. The number of hydrogen-bond donors (Lipinski definition) is 3. The Kier molecular flexibility index (Phi) is 1.75. The number of nitrogens with two attached hydrogens (primary N) is 1. The zero-order valence-corrected chi connectivity index (χ0v) is 8.06. The Morgan fingerprint density at radius 2 is 2.50 bits per heavy atom. The second-order valence-corrected chi connectivity index (χ2v) is 3.93. The molecule has 5 heteroatoms. The van der Waals surface area contributed by atoms with Crippen molar-refractivity contribution in [3.8, 4) is 0 Å². The van der Waals surface area contributed by atoms with E-state index >= 15 is 0 Å². The monoisotopic (exact) mass is 231 g/mol. The van der Waals surface area contributed by atoms with Crippen LogP contribution in [0.5, 0.6) is 0 Å². The minimum absolute atomic E-state index is 0.0296. The lowest BCUT2D eigenvalue weighted by atomic mass is 9.97. The molecule has 1 unspecified atom stereocenters. The SMILES string of the molecule is NC1(CO)CCc2[nH]nc(Br)c21. The maximum atomic E-state index is 9.13. The fourth-order valence-electron chi connectivity index (χ4n) is 1.67. The number of fused-ring (bicyclic) bond motifs is 1. The van der Waals surface area contributed by atoms with Gasteiger partial charge in [-0.05, 0) is 28.8 Å². The van der Waals surface area contributed by atoms with Crippen LogP contribution in [-0.4, -0.2) is 21.9 Å². The number of halogens is 1. The van der Waals surface area contributed by atoms with E-state index in [1.54, 1.807) is 0 Å². The fraction of sp³-hybridized carbons (Fsp3) is 0.571. The Balaban J connectivity index is 2.53. The lowest BCUT2D eigenvalue weighted by molar-refractivity contribution is 0.196. The molecule has 0 bridgehead atoms. The molecule has 1 aromatic rings. The van der Waals surface area contributed by atoms with Crippen molar-refractivity contribution < 1.29 is 5.11 Å². The summed E-state index contributed by atoms with van der Waals surface area (Å²) in [4.78, 5) is 0. The molecule has 0 aromatic carbocycles. The molecule has 0 saturated heterocycles. The maximum Gasteiger partial charge on any atom is 0.133 e. The van der Waals surface area contributed by atoms with Gasteiger partial charge in [-0.1, -0.05) is 0 Å². The number of aromatic amines is 1. The van der Waals surface area contributed by atoms with Gasteiger partial charge in [0, 0.05) is 11.3 Å². The van der Waals surface area contributed by atoms with E-state index in [1.165, 1.54) is 0 Å². The molecule has 0 aliphatic heterocycles. The minimum atomic E-state index is -0.596. The van der Waals surface area contributed by atoms with E-state index in [0.717, 1.165) is 28.7 Å². The summed E-state index contributed by atoms with van der Waals surface area (Å²) in [7, 11) is 0. The number of aromatic nitrogens is 2. The minimum Gasteiger partial charge on any atom is -0.394 e. The number of hydrogen-bond acceptors (Lipinski definition) is 3. The molecule has 0 radical (unpaired) electrons. The van der Waals surface area contributed by atoms with Crippen molar-refractivity contribution in [3.63, 3.8) is 0 Å². The van der Waals surface area contributed by atoms with E-state index in [2.05, 4.69) is 26.1 Å².